The summed E-state index contributed by atoms with van der Waals surface area (Å²) in [6, 6.07) is 13.3. The lowest BCUT2D eigenvalue weighted by molar-refractivity contribution is 0.0928. The lowest BCUT2D eigenvalue weighted by Crippen LogP contribution is -2.16. The molecule has 1 heterocycles. The van der Waals surface area contributed by atoms with Gasteiger partial charge in [-0.3, -0.25) is 4.79 Å². The molecule has 0 atom stereocenters. The minimum Gasteiger partial charge on any atom is -0.294 e. The zero-order valence-electron chi connectivity index (χ0n) is 15.1. The average molecular weight is 369 g/mol. The van der Waals surface area contributed by atoms with E-state index in [0.717, 1.165) is 23.2 Å². The van der Waals surface area contributed by atoms with Crippen LogP contribution in [0.4, 0.5) is 0 Å². The lowest BCUT2D eigenvalue weighted by atomic mass is 9.83. The zero-order chi connectivity index (χ0) is 18.7. The highest BCUT2D eigenvalue weighted by atomic mass is 35.5. The van der Waals surface area contributed by atoms with Gasteiger partial charge in [-0.25, -0.2) is 4.68 Å². The number of rotatable bonds is 6. The van der Waals surface area contributed by atoms with Gasteiger partial charge in [-0.2, -0.15) is 0 Å². The van der Waals surface area contributed by atoms with Gasteiger partial charge in [-0.1, -0.05) is 50.9 Å². The molecule has 3 rings (SSSR count). The summed E-state index contributed by atoms with van der Waals surface area (Å²) in [6.45, 7) is 6.32. The molecule has 0 spiro atoms. The van der Waals surface area contributed by atoms with Crippen LogP contribution in [0, 0.1) is 5.41 Å². The molecule has 0 radical (unpaired) electrons. The summed E-state index contributed by atoms with van der Waals surface area (Å²) in [4.78, 5) is 12.9. The third kappa shape index (κ3) is 4.17. The normalized spacial score (nSPS) is 11.5. The van der Waals surface area contributed by atoms with Crippen molar-refractivity contribution in [1.82, 2.24) is 20.2 Å². The van der Waals surface area contributed by atoms with Crippen molar-refractivity contribution < 1.29 is 4.79 Å². The quantitative estimate of drug-likeness (QED) is 0.575. The number of hydrogen-bond donors (Lipinski definition) is 0. The highest BCUT2D eigenvalue weighted by molar-refractivity contribution is 6.30. The predicted molar refractivity (Wildman–Crippen MR) is 103 cm³/mol. The Kier molecular flexibility index (Phi) is 5.18. The molecule has 0 fully saturated rings. The number of tetrazole rings is 1. The third-order valence-corrected chi connectivity index (χ3v) is 4.88. The molecule has 26 heavy (non-hydrogen) atoms. The Morgan fingerprint density at radius 3 is 2.46 bits per heavy atom. The van der Waals surface area contributed by atoms with Gasteiger partial charge in [0.15, 0.2) is 5.78 Å². The Balaban J connectivity index is 2.06. The first-order valence-electron chi connectivity index (χ1n) is 8.55. The summed E-state index contributed by atoms with van der Waals surface area (Å²) in [6.07, 6.45) is 2.95. The van der Waals surface area contributed by atoms with Gasteiger partial charge in [0.25, 0.3) is 0 Å². The van der Waals surface area contributed by atoms with Gasteiger partial charge in [0.2, 0.25) is 0 Å². The Hall–Kier alpha value is -2.53. The zero-order valence-corrected chi connectivity index (χ0v) is 15.9. The van der Waals surface area contributed by atoms with E-state index in [1.807, 2.05) is 42.5 Å². The summed E-state index contributed by atoms with van der Waals surface area (Å²) < 4.78 is 1.56. The molecule has 0 amide bonds. The molecular weight excluding hydrogens is 348 g/mol. The minimum absolute atomic E-state index is 0.0394. The molecule has 2 aromatic carbocycles. The van der Waals surface area contributed by atoms with E-state index in [9.17, 15) is 4.79 Å². The van der Waals surface area contributed by atoms with E-state index >= 15 is 0 Å². The number of carbonyl (C=O) groups excluding carboxylic acids is 1. The first-order chi connectivity index (χ1) is 12.4. The van der Waals surface area contributed by atoms with Gasteiger partial charge in [0.1, 0.15) is 6.33 Å². The highest BCUT2D eigenvalue weighted by Gasteiger charge is 2.21. The van der Waals surface area contributed by atoms with Crippen LogP contribution in [-0.4, -0.2) is 26.0 Å². The van der Waals surface area contributed by atoms with E-state index < -0.39 is 0 Å². The maximum absolute atomic E-state index is 12.9. The number of carbonyl (C=O) groups is 1. The van der Waals surface area contributed by atoms with Crippen molar-refractivity contribution >= 4 is 17.4 Å². The molecule has 3 aromatic rings. The van der Waals surface area contributed by atoms with Gasteiger partial charge >= 0.3 is 0 Å². The molecule has 5 nitrogen and oxygen atoms in total. The number of benzene rings is 2. The van der Waals surface area contributed by atoms with Gasteiger partial charge in [-0.05, 0) is 57.3 Å². The van der Waals surface area contributed by atoms with Crippen LogP contribution in [0.15, 0.2) is 48.8 Å². The number of halogens is 1. The third-order valence-electron chi connectivity index (χ3n) is 4.63. The van der Waals surface area contributed by atoms with Gasteiger partial charge in [0.05, 0.1) is 5.69 Å². The predicted octanol–water partition coefficient (Wildman–Crippen LogP) is 4.99. The molecule has 134 valence electrons. The van der Waals surface area contributed by atoms with Crippen molar-refractivity contribution in [2.24, 2.45) is 5.41 Å². The van der Waals surface area contributed by atoms with Gasteiger partial charge in [-0.15, -0.1) is 5.10 Å². The van der Waals surface area contributed by atoms with Gasteiger partial charge < -0.3 is 0 Å². The van der Waals surface area contributed by atoms with Crippen molar-refractivity contribution in [2.75, 3.05) is 0 Å². The molecule has 1 aromatic heterocycles. The molecule has 0 bridgehead atoms. The fourth-order valence-corrected chi connectivity index (χ4v) is 2.78. The Bertz CT molecular complexity index is 902. The first kappa shape index (κ1) is 18.3. The highest BCUT2D eigenvalue weighted by Crippen LogP contribution is 2.30. The topological polar surface area (TPSA) is 60.7 Å². The van der Waals surface area contributed by atoms with Crippen LogP contribution in [0.25, 0.3) is 16.8 Å². The molecular formula is C20H21ClN4O. The van der Waals surface area contributed by atoms with Crippen molar-refractivity contribution in [3.63, 3.8) is 0 Å². The Labute approximate surface area is 158 Å². The number of hydrogen-bond acceptors (Lipinski definition) is 4. The summed E-state index contributed by atoms with van der Waals surface area (Å²) >= 11 is 6.00. The minimum atomic E-state index is -0.0394. The lowest BCUT2D eigenvalue weighted by Gasteiger charge is -2.21. The monoisotopic (exact) mass is 368 g/mol. The van der Waals surface area contributed by atoms with Crippen molar-refractivity contribution in [2.45, 2.75) is 33.6 Å². The van der Waals surface area contributed by atoms with E-state index in [2.05, 4.69) is 36.3 Å². The second-order valence-corrected chi connectivity index (χ2v) is 7.58. The molecule has 0 aliphatic carbocycles. The fraction of sp³-hybridized carbons (Fsp3) is 0.300. The molecule has 0 aliphatic rings. The SMILES string of the molecule is CCC(C)(C)CC(=O)c1cc(-c2ccc(Cl)cc2)cc(-n2cnnn2)c1. The van der Waals surface area contributed by atoms with Crippen LogP contribution in [-0.2, 0) is 0 Å². The molecule has 6 heteroatoms. The number of nitrogens with zero attached hydrogens (tertiary/aromatic N) is 4. The Morgan fingerprint density at radius 1 is 1.12 bits per heavy atom. The van der Waals surface area contributed by atoms with E-state index in [1.165, 1.54) is 6.33 Å². The molecule has 0 unspecified atom stereocenters. The van der Waals surface area contributed by atoms with Gasteiger partial charge in [0, 0.05) is 17.0 Å². The second-order valence-electron chi connectivity index (χ2n) is 7.15. The summed E-state index contributed by atoms with van der Waals surface area (Å²) in [5.41, 5.74) is 3.27. The summed E-state index contributed by atoms with van der Waals surface area (Å²) in [5.74, 6) is 0.113. The maximum Gasteiger partial charge on any atom is 0.163 e. The van der Waals surface area contributed by atoms with Crippen LogP contribution in [0.5, 0.6) is 0 Å². The number of aromatic nitrogens is 4. The second kappa shape index (κ2) is 7.38. The molecule has 0 saturated carbocycles. The van der Waals surface area contributed by atoms with Crippen LogP contribution in [0.3, 0.4) is 0 Å². The smallest absolute Gasteiger partial charge is 0.163 e. The molecule has 0 N–H and O–H groups in total. The van der Waals surface area contributed by atoms with E-state index in [-0.39, 0.29) is 11.2 Å². The van der Waals surface area contributed by atoms with Crippen LogP contribution < -0.4 is 0 Å². The largest absolute Gasteiger partial charge is 0.294 e. The standard InChI is InChI=1S/C20H21ClN4O/c1-4-20(2,3)12-19(26)16-9-15(14-5-7-17(21)8-6-14)10-18(11-16)25-13-22-23-24-25/h5-11,13H,4,12H2,1-3H3. The summed E-state index contributed by atoms with van der Waals surface area (Å²) in [5, 5.41) is 12.0. The summed E-state index contributed by atoms with van der Waals surface area (Å²) in [7, 11) is 0. The fourth-order valence-electron chi connectivity index (χ4n) is 2.65. The van der Waals surface area contributed by atoms with Crippen LogP contribution >= 0.6 is 11.6 Å². The average Bonchev–Trinajstić information content (AvgIpc) is 3.16. The maximum atomic E-state index is 12.9. The van der Waals surface area contributed by atoms with Crippen molar-refractivity contribution in [3.8, 4) is 16.8 Å². The number of Topliss-reactive ketones (excluding diaryl/α,β-unsaturated/α-hetero) is 1. The first-order valence-corrected chi connectivity index (χ1v) is 8.93. The van der Waals surface area contributed by atoms with Crippen LogP contribution in [0.1, 0.15) is 44.0 Å². The van der Waals surface area contributed by atoms with Crippen molar-refractivity contribution in [3.05, 3.63) is 59.4 Å². The van der Waals surface area contributed by atoms with E-state index in [4.69, 9.17) is 11.6 Å². The Morgan fingerprint density at radius 2 is 1.85 bits per heavy atom. The van der Waals surface area contributed by atoms with Crippen molar-refractivity contribution in [1.29, 1.82) is 0 Å². The molecule has 0 saturated heterocycles. The van der Waals surface area contributed by atoms with E-state index in [1.54, 1.807) is 4.68 Å². The number of ketones is 1. The van der Waals surface area contributed by atoms with Crippen LogP contribution in [0.2, 0.25) is 5.02 Å². The molecule has 0 aliphatic heterocycles. The van der Waals surface area contributed by atoms with E-state index in [0.29, 0.717) is 17.0 Å².